The predicted molar refractivity (Wildman–Crippen MR) is 45.5 cm³/mol. The molecule has 0 aromatic rings. The molecular weight excluding hydrogens is 180 g/mol. The van der Waals surface area contributed by atoms with Crippen molar-refractivity contribution < 1.29 is 13.5 Å². The van der Waals surface area contributed by atoms with Crippen LogP contribution >= 0.6 is 0 Å². The predicted octanol–water partition coefficient (Wildman–Crippen LogP) is -2.31. The van der Waals surface area contributed by atoms with Gasteiger partial charge in [0.15, 0.2) is 9.84 Å². The third kappa shape index (κ3) is 2.41. The van der Waals surface area contributed by atoms with Crippen LogP contribution in [0.1, 0.15) is 0 Å². The summed E-state index contributed by atoms with van der Waals surface area (Å²) in [6.45, 7) is 0.987. The quantitative estimate of drug-likeness (QED) is 0.469. The Kier molecular flexibility index (Phi) is 3.05. The third-order valence-corrected chi connectivity index (χ3v) is 3.59. The standard InChI is InChI=1S/C6H14N2O3S/c7-1-2-8-5-3-12(10,11)4-6(5)9/h5-6,8-9H,1-4,7H2/t5-,6-/m0/s1. The minimum atomic E-state index is -3.03. The summed E-state index contributed by atoms with van der Waals surface area (Å²) in [5.74, 6) is -0.108. The molecule has 0 unspecified atom stereocenters. The Morgan fingerprint density at radius 2 is 2.17 bits per heavy atom. The van der Waals surface area contributed by atoms with Crippen molar-refractivity contribution in [3.8, 4) is 0 Å². The molecule has 4 N–H and O–H groups in total. The number of sulfone groups is 1. The number of hydrogen-bond acceptors (Lipinski definition) is 5. The maximum atomic E-state index is 11.0. The molecule has 5 nitrogen and oxygen atoms in total. The van der Waals surface area contributed by atoms with E-state index in [1.54, 1.807) is 0 Å². The molecule has 6 heteroatoms. The number of nitrogens with two attached hydrogens (primary N) is 1. The molecule has 2 atom stereocenters. The molecule has 1 rings (SSSR count). The second-order valence-corrected chi connectivity index (χ2v) is 5.15. The van der Waals surface area contributed by atoms with Crippen LogP contribution in [0, 0.1) is 0 Å². The van der Waals surface area contributed by atoms with Gasteiger partial charge in [-0.05, 0) is 0 Å². The number of aliphatic hydroxyl groups is 1. The average Bonchev–Trinajstić information content (AvgIpc) is 2.20. The van der Waals surface area contributed by atoms with Gasteiger partial charge >= 0.3 is 0 Å². The maximum absolute atomic E-state index is 11.0. The smallest absolute Gasteiger partial charge is 0.154 e. The number of hydrogen-bond donors (Lipinski definition) is 3. The Morgan fingerprint density at radius 1 is 1.50 bits per heavy atom. The lowest BCUT2D eigenvalue weighted by Gasteiger charge is -2.13. The Hall–Kier alpha value is -0.170. The Morgan fingerprint density at radius 3 is 2.58 bits per heavy atom. The van der Waals surface area contributed by atoms with E-state index < -0.39 is 15.9 Å². The van der Waals surface area contributed by atoms with Crippen LogP contribution in [0.4, 0.5) is 0 Å². The molecule has 1 aliphatic rings. The maximum Gasteiger partial charge on any atom is 0.154 e. The van der Waals surface area contributed by atoms with Gasteiger partial charge in [0.05, 0.1) is 17.6 Å². The zero-order valence-electron chi connectivity index (χ0n) is 6.73. The van der Waals surface area contributed by atoms with Crippen molar-refractivity contribution in [3.63, 3.8) is 0 Å². The van der Waals surface area contributed by atoms with Crippen LogP contribution in [0.3, 0.4) is 0 Å². The highest BCUT2D eigenvalue weighted by Crippen LogP contribution is 2.11. The normalized spacial score (nSPS) is 33.8. The molecule has 0 radical (unpaired) electrons. The highest BCUT2D eigenvalue weighted by atomic mass is 32.2. The minimum Gasteiger partial charge on any atom is -0.390 e. The Labute approximate surface area is 71.9 Å². The monoisotopic (exact) mass is 194 g/mol. The summed E-state index contributed by atoms with van der Waals surface area (Å²) in [6.07, 6.45) is -0.776. The van der Waals surface area contributed by atoms with Gasteiger partial charge in [-0.15, -0.1) is 0 Å². The van der Waals surface area contributed by atoms with Crippen LogP contribution in [0.2, 0.25) is 0 Å². The van der Waals surface area contributed by atoms with E-state index in [-0.39, 0.29) is 17.5 Å². The first-order valence-electron chi connectivity index (χ1n) is 3.87. The molecule has 0 amide bonds. The van der Waals surface area contributed by atoms with E-state index in [1.807, 2.05) is 0 Å². The van der Waals surface area contributed by atoms with Crippen molar-refractivity contribution in [2.45, 2.75) is 12.1 Å². The summed E-state index contributed by atoms with van der Waals surface area (Å²) in [5, 5.41) is 12.2. The van der Waals surface area contributed by atoms with E-state index in [9.17, 15) is 13.5 Å². The van der Waals surface area contributed by atoms with E-state index in [0.717, 1.165) is 0 Å². The van der Waals surface area contributed by atoms with Crippen LogP contribution in [0.15, 0.2) is 0 Å². The van der Waals surface area contributed by atoms with Gasteiger partial charge in [-0.3, -0.25) is 0 Å². The molecule has 0 saturated carbocycles. The highest BCUT2D eigenvalue weighted by Gasteiger charge is 2.35. The van der Waals surface area contributed by atoms with E-state index in [0.29, 0.717) is 13.1 Å². The van der Waals surface area contributed by atoms with Crippen molar-refractivity contribution in [3.05, 3.63) is 0 Å². The van der Waals surface area contributed by atoms with Crippen molar-refractivity contribution in [1.29, 1.82) is 0 Å². The van der Waals surface area contributed by atoms with Gasteiger partial charge in [0.25, 0.3) is 0 Å². The van der Waals surface area contributed by atoms with E-state index in [1.165, 1.54) is 0 Å². The summed E-state index contributed by atoms with van der Waals surface area (Å²) in [6, 6.07) is -0.335. The van der Waals surface area contributed by atoms with Gasteiger partial charge in [0.2, 0.25) is 0 Å². The number of nitrogens with one attached hydrogen (secondary N) is 1. The highest BCUT2D eigenvalue weighted by molar-refractivity contribution is 7.91. The van der Waals surface area contributed by atoms with E-state index in [2.05, 4.69) is 5.32 Å². The largest absolute Gasteiger partial charge is 0.390 e. The second-order valence-electron chi connectivity index (χ2n) is 2.99. The van der Waals surface area contributed by atoms with Crippen molar-refractivity contribution in [1.82, 2.24) is 5.32 Å². The topological polar surface area (TPSA) is 92.4 Å². The number of aliphatic hydroxyl groups excluding tert-OH is 1. The lowest BCUT2D eigenvalue weighted by Crippen LogP contribution is -2.41. The van der Waals surface area contributed by atoms with Crippen molar-refractivity contribution in [2.75, 3.05) is 24.6 Å². The molecular formula is C6H14N2O3S. The molecule has 0 spiro atoms. The first kappa shape index (κ1) is 9.91. The van der Waals surface area contributed by atoms with Gasteiger partial charge in [0, 0.05) is 19.1 Å². The molecule has 1 aliphatic heterocycles. The van der Waals surface area contributed by atoms with Crippen LogP contribution in [0.25, 0.3) is 0 Å². The van der Waals surface area contributed by atoms with Crippen LogP contribution in [-0.4, -0.2) is 50.3 Å². The molecule has 1 heterocycles. The van der Waals surface area contributed by atoms with Crippen molar-refractivity contribution >= 4 is 9.84 Å². The SMILES string of the molecule is NCCN[C@H]1CS(=O)(=O)C[C@@H]1O. The zero-order chi connectivity index (χ0) is 9.19. The molecule has 0 aromatic carbocycles. The summed E-state index contributed by atoms with van der Waals surface area (Å²) in [5.41, 5.74) is 5.23. The molecule has 12 heavy (non-hydrogen) atoms. The van der Waals surface area contributed by atoms with Gasteiger partial charge in [-0.1, -0.05) is 0 Å². The fourth-order valence-electron chi connectivity index (χ4n) is 1.29. The van der Waals surface area contributed by atoms with Crippen LogP contribution < -0.4 is 11.1 Å². The van der Waals surface area contributed by atoms with E-state index >= 15 is 0 Å². The number of rotatable bonds is 3. The molecule has 1 saturated heterocycles. The van der Waals surface area contributed by atoms with Gasteiger partial charge in [-0.2, -0.15) is 0 Å². The Bertz CT molecular complexity index is 239. The summed E-state index contributed by atoms with van der Waals surface area (Å²) in [4.78, 5) is 0. The molecule has 0 aliphatic carbocycles. The zero-order valence-corrected chi connectivity index (χ0v) is 7.55. The summed E-state index contributed by atoms with van der Waals surface area (Å²) in [7, 11) is -3.03. The summed E-state index contributed by atoms with van der Waals surface area (Å²) < 4.78 is 22.0. The minimum absolute atomic E-state index is 0.0220. The first-order chi connectivity index (χ1) is 5.55. The fourth-order valence-corrected chi connectivity index (χ4v) is 3.07. The van der Waals surface area contributed by atoms with Crippen LogP contribution in [0.5, 0.6) is 0 Å². The van der Waals surface area contributed by atoms with Gasteiger partial charge < -0.3 is 16.2 Å². The summed E-state index contributed by atoms with van der Waals surface area (Å²) >= 11 is 0. The molecule has 0 bridgehead atoms. The molecule has 1 fully saturated rings. The fraction of sp³-hybridized carbons (Fsp3) is 1.00. The second kappa shape index (κ2) is 3.69. The molecule has 72 valence electrons. The Balaban J connectivity index is 2.47. The van der Waals surface area contributed by atoms with Gasteiger partial charge in [-0.25, -0.2) is 8.42 Å². The first-order valence-corrected chi connectivity index (χ1v) is 5.69. The van der Waals surface area contributed by atoms with Crippen LogP contribution in [-0.2, 0) is 9.84 Å². The lowest BCUT2D eigenvalue weighted by molar-refractivity contribution is 0.167. The lowest BCUT2D eigenvalue weighted by atomic mass is 10.2. The third-order valence-electron chi connectivity index (χ3n) is 1.87. The average molecular weight is 194 g/mol. The molecule has 0 aromatic heterocycles. The van der Waals surface area contributed by atoms with Gasteiger partial charge in [0.1, 0.15) is 0 Å². The van der Waals surface area contributed by atoms with Crippen molar-refractivity contribution in [2.24, 2.45) is 5.73 Å². The van der Waals surface area contributed by atoms with E-state index in [4.69, 9.17) is 5.73 Å².